The number of allylic oxidation sites excluding steroid dienone is 1. The summed E-state index contributed by atoms with van der Waals surface area (Å²) in [5.74, 6) is 0.886. The Hall–Kier alpha value is -2.55. The Morgan fingerprint density at radius 3 is 2.58 bits per heavy atom. The van der Waals surface area contributed by atoms with Gasteiger partial charge in [0.05, 0.1) is 12.5 Å². The molecule has 2 aromatic carbocycles. The van der Waals surface area contributed by atoms with Crippen LogP contribution in [-0.2, 0) is 5.41 Å². The third kappa shape index (κ3) is 3.03. The highest BCUT2D eigenvalue weighted by atomic mass is 16.5. The predicted molar refractivity (Wildman–Crippen MR) is 111 cm³/mol. The molecular weight excluding hydrogens is 320 g/mol. The molecule has 3 nitrogen and oxygen atoms in total. The molecule has 1 aliphatic heterocycles. The number of rotatable bonds is 6. The Morgan fingerprint density at radius 1 is 1.12 bits per heavy atom. The number of methoxy groups -OCH3 is 1. The minimum absolute atomic E-state index is 0.0266. The van der Waals surface area contributed by atoms with Crippen LogP contribution in [0.1, 0.15) is 38.3 Å². The summed E-state index contributed by atoms with van der Waals surface area (Å²) in [6.45, 7) is 7.58. The summed E-state index contributed by atoms with van der Waals surface area (Å²) in [6.07, 6.45) is 5.47. The predicted octanol–water partition coefficient (Wildman–Crippen LogP) is 5.24. The normalized spacial score (nSPS) is 19.1. The molecule has 3 rings (SSSR count). The molecule has 3 heteroatoms. The van der Waals surface area contributed by atoms with Crippen LogP contribution in [0.3, 0.4) is 0 Å². The van der Waals surface area contributed by atoms with E-state index >= 15 is 0 Å². The van der Waals surface area contributed by atoms with E-state index in [4.69, 9.17) is 4.74 Å². The molecule has 0 radical (unpaired) electrons. The van der Waals surface area contributed by atoms with E-state index < -0.39 is 0 Å². The molecule has 0 saturated carbocycles. The number of anilines is 1. The van der Waals surface area contributed by atoms with Gasteiger partial charge in [0.25, 0.3) is 0 Å². The van der Waals surface area contributed by atoms with Gasteiger partial charge >= 0.3 is 0 Å². The average molecular weight is 349 g/mol. The lowest BCUT2D eigenvalue weighted by molar-refractivity contribution is -0.401. The second kappa shape index (κ2) is 7.36. The van der Waals surface area contributed by atoms with Gasteiger partial charge in [0.15, 0.2) is 5.71 Å². The van der Waals surface area contributed by atoms with Gasteiger partial charge in [-0.15, -0.1) is 0 Å². The van der Waals surface area contributed by atoms with Crippen molar-refractivity contribution in [1.29, 1.82) is 0 Å². The van der Waals surface area contributed by atoms with Crippen molar-refractivity contribution >= 4 is 23.2 Å². The van der Waals surface area contributed by atoms with E-state index in [9.17, 15) is 0 Å². The number of fused-ring (bicyclic) bond motifs is 1. The maximum atomic E-state index is 5.60. The molecule has 1 unspecified atom stereocenters. The summed E-state index contributed by atoms with van der Waals surface area (Å²) in [4.78, 5) is 0. The van der Waals surface area contributed by atoms with Crippen molar-refractivity contribution < 1.29 is 9.31 Å². The van der Waals surface area contributed by atoms with Gasteiger partial charge in [-0.25, -0.2) is 0 Å². The number of nitrogens with zero attached hydrogens (tertiary/aromatic N) is 1. The molecule has 0 saturated heterocycles. The topological polar surface area (TPSA) is 24.3 Å². The second-order valence-electron chi connectivity index (χ2n) is 6.97. The molecule has 0 bridgehead atoms. The molecule has 0 spiro atoms. The number of ether oxygens (including phenoxy) is 1. The quantitative estimate of drug-likeness (QED) is 0.722. The minimum Gasteiger partial charge on any atom is -0.496 e. The Labute approximate surface area is 157 Å². The molecule has 26 heavy (non-hydrogen) atoms. The minimum atomic E-state index is 0.0266. The first-order valence-electron chi connectivity index (χ1n) is 9.35. The zero-order valence-corrected chi connectivity index (χ0v) is 16.5. The Bertz CT molecular complexity index is 866. The monoisotopic (exact) mass is 349 g/mol. The highest BCUT2D eigenvalue weighted by Gasteiger charge is 2.44. The maximum Gasteiger partial charge on any atom is 0.209 e. The largest absolute Gasteiger partial charge is 0.496 e. The standard InChI is InChI=1S/C23H28N2O/c1-6-23(3)19-10-8-9-11-20(19)25(4)22(23)15-13-17-12-14-18(24-7-2)16-21(17)26-5/h8-16H,6-7H2,1-5H3/p+1. The molecule has 0 amide bonds. The third-order valence-electron chi connectivity index (χ3n) is 5.53. The van der Waals surface area contributed by atoms with Crippen LogP contribution in [0.5, 0.6) is 5.75 Å². The van der Waals surface area contributed by atoms with Crippen molar-refractivity contribution in [3.63, 3.8) is 0 Å². The van der Waals surface area contributed by atoms with Gasteiger partial charge in [-0.1, -0.05) is 25.1 Å². The van der Waals surface area contributed by atoms with Gasteiger partial charge in [-0.05, 0) is 38.5 Å². The third-order valence-corrected chi connectivity index (χ3v) is 5.53. The van der Waals surface area contributed by atoms with Gasteiger partial charge in [-0.3, -0.25) is 0 Å². The lowest BCUT2D eigenvalue weighted by Gasteiger charge is -2.20. The van der Waals surface area contributed by atoms with E-state index in [1.54, 1.807) is 7.11 Å². The molecule has 136 valence electrons. The Morgan fingerprint density at radius 2 is 1.88 bits per heavy atom. The van der Waals surface area contributed by atoms with E-state index in [1.807, 2.05) is 0 Å². The smallest absolute Gasteiger partial charge is 0.209 e. The molecule has 0 fully saturated rings. The van der Waals surface area contributed by atoms with Crippen molar-refractivity contribution in [3.8, 4) is 5.75 Å². The van der Waals surface area contributed by atoms with Crippen LogP contribution >= 0.6 is 0 Å². The summed E-state index contributed by atoms with van der Waals surface area (Å²) in [5.41, 5.74) is 6.21. The van der Waals surface area contributed by atoms with Crippen molar-refractivity contribution in [3.05, 3.63) is 59.7 Å². The van der Waals surface area contributed by atoms with Crippen molar-refractivity contribution in [2.45, 2.75) is 32.6 Å². The van der Waals surface area contributed by atoms with Gasteiger partial charge < -0.3 is 10.1 Å². The molecule has 1 heterocycles. The maximum absolute atomic E-state index is 5.60. The number of nitrogens with one attached hydrogen (secondary N) is 1. The van der Waals surface area contributed by atoms with Crippen molar-refractivity contribution in [2.75, 3.05) is 26.0 Å². The zero-order chi connectivity index (χ0) is 18.7. The summed E-state index contributed by atoms with van der Waals surface area (Å²) < 4.78 is 7.91. The molecule has 0 aliphatic carbocycles. The zero-order valence-electron chi connectivity index (χ0n) is 16.5. The summed E-state index contributed by atoms with van der Waals surface area (Å²) in [7, 11) is 3.88. The SMILES string of the molecule is CCNc1ccc(/C=C/C2=[N+](C)c3ccccc3C2(C)CC)c(OC)c1. The van der Waals surface area contributed by atoms with Gasteiger partial charge in [0.1, 0.15) is 12.8 Å². The van der Waals surface area contributed by atoms with Gasteiger partial charge in [0.2, 0.25) is 5.69 Å². The first kappa shape index (κ1) is 18.2. The molecule has 1 aliphatic rings. The first-order valence-corrected chi connectivity index (χ1v) is 9.35. The molecule has 0 aromatic heterocycles. The van der Waals surface area contributed by atoms with Gasteiger partial charge in [0, 0.05) is 41.6 Å². The van der Waals surface area contributed by atoms with E-state index in [0.717, 1.165) is 30.0 Å². The van der Waals surface area contributed by atoms with Crippen LogP contribution in [0.15, 0.2) is 48.5 Å². The number of hydrogen-bond acceptors (Lipinski definition) is 2. The fourth-order valence-corrected chi connectivity index (χ4v) is 3.87. The molecule has 1 N–H and O–H groups in total. The van der Waals surface area contributed by atoms with E-state index in [0.29, 0.717) is 0 Å². The summed E-state index contributed by atoms with van der Waals surface area (Å²) >= 11 is 0. The van der Waals surface area contributed by atoms with Crippen molar-refractivity contribution in [2.24, 2.45) is 0 Å². The molecular formula is C23H29N2O+. The van der Waals surface area contributed by atoms with Gasteiger partial charge in [-0.2, -0.15) is 4.58 Å². The summed E-state index contributed by atoms with van der Waals surface area (Å²) in [6, 6.07) is 15.0. The second-order valence-corrected chi connectivity index (χ2v) is 6.97. The number of benzene rings is 2. The lowest BCUT2D eigenvalue weighted by atomic mass is 9.77. The van der Waals surface area contributed by atoms with Crippen LogP contribution in [0, 0.1) is 0 Å². The Balaban J connectivity index is 1.99. The van der Waals surface area contributed by atoms with Crippen LogP contribution < -0.4 is 10.1 Å². The van der Waals surface area contributed by atoms with E-state index in [2.05, 4.69) is 92.3 Å². The highest BCUT2D eigenvalue weighted by Crippen LogP contribution is 2.41. The fraction of sp³-hybridized carbons (Fsp3) is 0.348. The first-order chi connectivity index (χ1) is 12.5. The molecule has 2 aromatic rings. The van der Waals surface area contributed by atoms with E-state index in [-0.39, 0.29) is 5.41 Å². The van der Waals surface area contributed by atoms with E-state index in [1.165, 1.54) is 17.0 Å². The Kier molecular flexibility index (Phi) is 5.17. The average Bonchev–Trinajstić information content (AvgIpc) is 2.89. The highest BCUT2D eigenvalue weighted by molar-refractivity contribution is 6.05. The van der Waals surface area contributed by atoms with Crippen LogP contribution in [0.4, 0.5) is 11.4 Å². The van der Waals surface area contributed by atoms with Crippen molar-refractivity contribution in [1.82, 2.24) is 0 Å². The van der Waals surface area contributed by atoms with Crippen LogP contribution in [0.2, 0.25) is 0 Å². The summed E-state index contributed by atoms with van der Waals surface area (Å²) in [5, 5.41) is 3.33. The number of para-hydroxylation sites is 1. The number of hydrogen-bond donors (Lipinski definition) is 1. The molecule has 1 atom stereocenters. The lowest BCUT2D eigenvalue weighted by Crippen LogP contribution is -2.29. The van der Waals surface area contributed by atoms with Crippen LogP contribution in [0.25, 0.3) is 6.08 Å². The fourth-order valence-electron chi connectivity index (χ4n) is 3.87. The van der Waals surface area contributed by atoms with Crippen LogP contribution in [-0.4, -0.2) is 31.0 Å².